The van der Waals surface area contributed by atoms with Crippen molar-refractivity contribution in [3.63, 3.8) is 0 Å². The molecule has 7 heteroatoms. The van der Waals surface area contributed by atoms with Crippen molar-refractivity contribution in [2.75, 3.05) is 19.0 Å². The van der Waals surface area contributed by atoms with Gasteiger partial charge in [0.2, 0.25) is 0 Å². The van der Waals surface area contributed by atoms with E-state index in [4.69, 9.17) is 27.9 Å². The number of anilines is 2. The Bertz CT molecular complexity index is 773. The minimum absolute atomic E-state index is 0.0290. The Labute approximate surface area is 157 Å². The number of amides is 1. The first-order valence-corrected chi connectivity index (χ1v) is 8.50. The zero-order valence-corrected chi connectivity index (χ0v) is 16.1. The van der Waals surface area contributed by atoms with Gasteiger partial charge >= 0.3 is 0 Å². The Hall–Kier alpha value is -1.98. The lowest BCUT2D eigenvalue weighted by molar-refractivity contribution is 0.0931. The van der Waals surface area contributed by atoms with E-state index in [1.165, 1.54) is 7.11 Å². The topological polar surface area (TPSA) is 63.2 Å². The van der Waals surface area contributed by atoms with E-state index in [1.807, 2.05) is 20.8 Å². The summed E-state index contributed by atoms with van der Waals surface area (Å²) in [6.45, 7) is 6.65. The summed E-state index contributed by atoms with van der Waals surface area (Å²) in [6.07, 6.45) is 0. The van der Waals surface area contributed by atoms with Gasteiger partial charge in [0, 0.05) is 12.2 Å². The molecule has 1 heterocycles. The van der Waals surface area contributed by atoms with Crippen molar-refractivity contribution < 1.29 is 9.53 Å². The summed E-state index contributed by atoms with van der Waals surface area (Å²) in [5, 5.41) is 6.88. The van der Waals surface area contributed by atoms with Crippen LogP contribution in [0, 0.1) is 5.41 Å². The van der Waals surface area contributed by atoms with Crippen LogP contribution in [0.3, 0.4) is 0 Å². The van der Waals surface area contributed by atoms with Crippen molar-refractivity contribution in [1.29, 1.82) is 0 Å². The smallest absolute Gasteiger partial charge is 0.273 e. The highest BCUT2D eigenvalue weighted by Crippen LogP contribution is 2.27. The lowest BCUT2D eigenvalue weighted by Crippen LogP contribution is -2.33. The monoisotopic (exact) mass is 381 g/mol. The fourth-order valence-electron chi connectivity index (χ4n) is 1.99. The van der Waals surface area contributed by atoms with Gasteiger partial charge in [-0.15, -0.1) is 0 Å². The van der Waals surface area contributed by atoms with Gasteiger partial charge in [-0.3, -0.25) is 4.79 Å². The van der Waals surface area contributed by atoms with Gasteiger partial charge in [-0.1, -0.05) is 44.0 Å². The lowest BCUT2D eigenvalue weighted by atomic mass is 9.97. The number of carbonyl (C=O) groups excluding carboxylic acids is 1. The molecular formula is C18H21Cl2N3O2. The summed E-state index contributed by atoms with van der Waals surface area (Å²) in [5.74, 6) is 0.621. The minimum atomic E-state index is -0.287. The van der Waals surface area contributed by atoms with Crippen molar-refractivity contribution in [1.82, 2.24) is 10.3 Å². The average molecular weight is 382 g/mol. The van der Waals surface area contributed by atoms with Crippen LogP contribution in [-0.4, -0.2) is 24.5 Å². The molecule has 0 aliphatic heterocycles. The van der Waals surface area contributed by atoms with Gasteiger partial charge in [-0.05, 0) is 35.7 Å². The van der Waals surface area contributed by atoms with Crippen molar-refractivity contribution in [3.05, 3.63) is 46.1 Å². The standard InChI is InChI=1S/C18H21Cl2N3O2/c1-18(2,3)10-21-17(24)16-14(25-4)7-8-15(23-16)22-11-5-6-12(19)13(20)9-11/h5-9H,10H2,1-4H3,(H,21,24)(H,22,23). The van der Waals surface area contributed by atoms with Crippen LogP contribution in [0.5, 0.6) is 5.75 Å². The third kappa shape index (κ3) is 5.51. The summed E-state index contributed by atoms with van der Waals surface area (Å²) >= 11 is 11.9. The molecule has 1 aromatic carbocycles. The molecule has 0 bridgehead atoms. The normalized spacial score (nSPS) is 11.1. The quantitative estimate of drug-likeness (QED) is 0.771. The summed E-state index contributed by atoms with van der Waals surface area (Å²) in [5.41, 5.74) is 0.906. The summed E-state index contributed by atoms with van der Waals surface area (Å²) in [4.78, 5) is 16.8. The highest BCUT2D eigenvalue weighted by molar-refractivity contribution is 6.42. The first-order chi connectivity index (χ1) is 11.7. The van der Waals surface area contributed by atoms with Crippen molar-refractivity contribution in [3.8, 4) is 5.75 Å². The van der Waals surface area contributed by atoms with Crippen molar-refractivity contribution in [2.24, 2.45) is 5.41 Å². The Kier molecular flexibility index (Phi) is 6.14. The number of methoxy groups -OCH3 is 1. The first-order valence-electron chi connectivity index (χ1n) is 7.75. The number of hydrogen-bond donors (Lipinski definition) is 2. The largest absolute Gasteiger partial charge is 0.494 e. The molecule has 1 amide bonds. The van der Waals surface area contributed by atoms with E-state index in [0.717, 1.165) is 0 Å². The van der Waals surface area contributed by atoms with Gasteiger partial charge in [-0.2, -0.15) is 0 Å². The number of ether oxygens (including phenoxy) is 1. The number of benzene rings is 1. The SMILES string of the molecule is COc1ccc(Nc2ccc(Cl)c(Cl)c2)nc1C(=O)NCC(C)(C)C. The van der Waals surface area contributed by atoms with Gasteiger partial charge < -0.3 is 15.4 Å². The van der Waals surface area contributed by atoms with Crippen LogP contribution in [0.1, 0.15) is 31.3 Å². The second kappa shape index (κ2) is 7.93. The molecule has 0 fully saturated rings. The molecule has 0 saturated heterocycles. The highest BCUT2D eigenvalue weighted by atomic mass is 35.5. The maximum atomic E-state index is 12.5. The zero-order valence-electron chi connectivity index (χ0n) is 14.6. The maximum Gasteiger partial charge on any atom is 0.273 e. The molecular weight excluding hydrogens is 361 g/mol. The summed E-state index contributed by atoms with van der Waals surface area (Å²) in [7, 11) is 1.50. The maximum absolute atomic E-state index is 12.5. The fourth-order valence-corrected chi connectivity index (χ4v) is 2.29. The predicted molar refractivity (Wildman–Crippen MR) is 102 cm³/mol. The van der Waals surface area contributed by atoms with Crippen molar-refractivity contribution in [2.45, 2.75) is 20.8 Å². The van der Waals surface area contributed by atoms with Crippen LogP contribution in [0.2, 0.25) is 10.0 Å². The number of pyridine rings is 1. The van der Waals surface area contributed by atoms with E-state index < -0.39 is 0 Å². The summed E-state index contributed by atoms with van der Waals surface area (Å²) in [6, 6.07) is 8.57. The second-order valence-corrected chi connectivity index (χ2v) is 7.56. The number of halogens is 2. The van der Waals surface area contributed by atoms with Crippen LogP contribution in [0.4, 0.5) is 11.5 Å². The average Bonchev–Trinajstić information content (AvgIpc) is 2.55. The van der Waals surface area contributed by atoms with E-state index in [2.05, 4.69) is 15.6 Å². The summed E-state index contributed by atoms with van der Waals surface area (Å²) < 4.78 is 5.25. The number of nitrogens with one attached hydrogen (secondary N) is 2. The fraction of sp³-hybridized carbons (Fsp3) is 0.333. The van der Waals surface area contributed by atoms with E-state index >= 15 is 0 Å². The minimum Gasteiger partial charge on any atom is -0.494 e. The van der Waals surface area contributed by atoms with Crippen LogP contribution < -0.4 is 15.4 Å². The van der Waals surface area contributed by atoms with Gasteiger partial charge in [0.25, 0.3) is 5.91 Å². The molecule has 0 atom stereocenters. The number of nitrogens with zero attached hydrogens (tertiary/aromatic N) is 1. The Balaban J connectivity index is 2.23. The van der Waals surface area contributed by atoms with Crippen LogP contribution in [-0.2, 0) is 0 Å². The molecule has 1 aromatic heterocycles. The Morgan fingerprint density at radius 2 is 1.88 bits per heavy atom. The van der Waals surface area contributed by atoms with Gasteiger partial charge in [-0.25, -0.2) is 4.98 Å². The molecule has 2 N–H and O–H groups in total. The molecule has 0 saturated carbocycles. The Morgan fingerprint density at radius 3 is 2.48 bits per heavy atom. The molecule has 0 aliphatic carbocycles. The van der Waals surface area contributed by atoms with Gasteiger partial charge in [0.05, 0.1) is 17.2 Å². The van der Waals surface area contributed by atoms with Crippen LogP contribution >= 0.6 is 23.2 Å². The molecule has 0 unspecified atom stereocenters. The predicted octanol–water partition coefficient (Wildman–Crippen LogP) is 4.92. The van der Waals surface area contributed by atoms with E-state index in [-0.39, 0.29) is 17.0 Å². The molecule has 0 spiro atoms. The second-order valence-electron chi connectivity index (χ2n) is 6.74. The Morgan fingerprint density at radius 1 is 1.16 bits per heavy atom. The molecule has 2 rings (SSSR count). The number of carbonyl (C=O) groups is 1. The van der Waals surface area contributed by atoms with Gasteiger partial charge in [0.15, 0.2) is 5.69 Å². The zero-order chi connectivity index (χ0) is 18.6. The lowest BCUT2D eigenvalue weighted by Gasteiger charge is -2.19. The van der Waals surface area contributed by atoms with Crippen LogP contribution in [0.25, 0.3) is 0 Å². The number of rotatable bonds is 5. The third-order valence-corrected chi connectivity index (χ3v) is 4.00. The molecule has 25 heavy (non-hydrogen) atoms. The number of hydrogen-bond acceptors (Lipinski definition) is 4. The molecule has 134 valence electrons. The molecule has 0 radical (unpaired) electrons. The number of aromatic nitrogens is 1. The third-order valence-electron chi connectivity index (χ3n) is 3.26. The molecule has 2 aromatic rings. The van der Waals surface area contributed by atoms with E-state index in [1.54, 1.807) is 30.3 Å². The first kappa shape index (κ1) is 19.3. The van der Waals surface area contributed by atoms with E-state index in [9.17, 15) is 4.79 Å². The molecule has 0 aliphatic rings. The van der Waals surface area contributed by atoms with Crippen molar-refractivity contribution >= 4 is 40.6 Å². The van der Waals surface area contributed by atoms with Crippen LogP contribution in [0.15, 0.2) is 30.3 Å². The highest BCUT2D eigenvalue weighted by Gasteiger charge is 2.18. The van der Waals surface area contributed by atoms with Gasteiger partial charge in [0.1, 0.15) is 11.6 Å². The molecule has 5 nitrogen and oxygen atoms in total. The van der Waals surface area contributed by atoms with E-state index in [0.29, 0.717) is 33.8 Å².